The Morgan fingerprint density at radius 1 is 1.21 bits per heavy atom. The van der Waals surface area contributed by atoms with E-state index in [1.54, 1.807) is 13.0 Å². The van der Waals surface area contributed by atoms with Gasteiger partial charge in [0.15, 0.2) is 0 Å². The van der Waals surface area contributed by atoms with E-state index in [1.165, 1.54) is 0 Å². The van der Waals surface area contributed by atoms with Gasteiger partial charge in [0, 0.05) is 18.8 Å². The second-order valence-electron chi connectivity index (χ2n) is 4.78. The predicted octanol–water partition coefficient (Wildman–Crippen LogP) is 2.89. The molecule has 4 nitrogen and oxygen atoms in total. The average molecular weight is 270 g/mol. The molecule has 0 aliphatic carbocycles. The van der Waals surface area contributed by atoms with E-state index in [0.717, 1.165) is 31.6 Å². The van der Waals surface area contributed by atoms with Gasteiger partial charge in [-0.05, 0) is 25.8 Å². The number of alkyl halides is 3. The third-order valence-electron chi connectivity index (χ3n) is 3.26. The molecular weight excluding hydrogens is 257 g/mol. The summed E-state index contributed by atoms with van der Waals surface area (Å²) in [5, 5.41) is 0.660. The van der Waals surface area contributed by atoms with Gasteiger partial charge in [0.2, 0.25) is 5.82 Å². The molecule has 1 saturated heterocycles. The zero-order valence-electron chi connectivity index (χ0n) is 10.4. The molecule has 1 N–H and O–H groups in total. The number of halogens is 3. The molecule has 0 bridgehead atoms. The lowest BCUT2D eigenvalue weighted by Crippen LogP contribution is -2.22. The minimum atomic E-state index is -4.53. The first-order valence-corrected chi connectivity index (χ1v) is 6.14. The van der Waals surface area contributed by atoms with Crippen molar-refractivity contribution in [1.82, 2.24) is 15.0 Å². The van der Waals surface area contributed by atoms with Gasteiger partial charge < -0.3 is 9.88 Å². The maximum atomic E-state index is 12.8. The first kappa shape index (κ1) is 12.3. The monoisotopic (exact) mass is 270 g/mol. The van der Waals surface area contributed by atoms with Gasteiger partial charge in [-0.1, -0.05) is 0 Å². The van der Waals surface area contributed by atoms with Crippen LogP contribution >= 0.6 is 0 Å². The molecule has 0 amide bonds. The summed E-state index contributed by atoms with van der Waals surface area (Å²) in [6, 6.07) is 1.79. The Hall–Kier alpha value is -1.79. The van der Waals surface area contributed by atoms with Crippen molar-refractivity contribution in [3.8, 4) is 0 Å². The van der Waals surface area contributed by atoms with Crippen LogP contribution in [-0.2, 0) is 6.18 Å². The molecule has 1 fully saturated rings. The van der Waals surface area contributed by atoms with E-state index in [9.17, 15) is 13.2 Å². The minimum Gasteiger partial charge on any atom is -0.356 e. The topological polar surface area (TPSA) is 44.8 Å². The average Bonchev–Trinajstić information content (AvgIpc) is 2.92. The summed E-state index contributed by atoms with van der Waals surface area (Å²) in [5.74, 6) is -0.692. The number of anilines is 1. The third kappa shape index (κ3) is 2.13. The molecule has 3 heterocycles. The van der Waals surface area contributed by atoms with Gasteiger partial charge in [0.25, 0.3) is 0 Å². The van der Waals surface area contributed by atoms with Crippen LogP contribution in [0.25, 0.3) is 11.0 Å². The van der Waals surface area contributed by atoms with Crippen molar-refractivity contribution in [1.29, 1.82) is 0 Å². The standard InChI is InChI=1S/C12H13F3N4/c1-7-6-8-9(16-7)17-11(12(13,14)15)18-10(8)19-4-2-3-5-19/h6H,2-5H2,1H3,(H,16,17,18). The Morgan fingerprint density at radius 3 is 2.53 bits per heavy atom. The highest BCUT2D eigenvalue weighted by molar-refractivity contribution is 5.88. The van der Waals surface area contributed by atoms with Crippen molar-refractivity contribution in [2.24, 2.45) is 0 Å². The highest BCUT2D eigenvalue weighted by Crippen LogP contribution is 2.33. The molecule has 0 saturated carbocycles. The highest BCUT2D eigenvalue weighted by Gasteiger charge is 2.36. The zero-order valence-corrected chi connectivity index (χ0v) is 10.4. The molecule has 0 radical (unpaired) electrons. The predicted molar refractivity (Wildman–Crippen MR) is 65.1 cm³/mol. The van der Waals surface area contributed by atoms with Crippen LogP contribution in [0.3, 0.4) is 0 Å². The van der Waals surface area contributed by atoms with E-state index < -0.39 is 12.0 Å². The van der Waals surface area contributed by atoms with E-state index in [2.05, 4.69) is 15.0 Å². The van der Waals surface area contributed by atoms with Crippen LogP contribution in [-0.4, -0.2) is 28.0 Å². The number of fused-ring (bicyclic) bond motifs is 1. The highest BCUT2D eigenvalue weighted by atomic mass is 19.4. The Morgan fingerprint density at radius 2 is 1.89 bits per heavy atom. The van der Waals surface area contributed by atoms with E-state index in [4.69, 9.17) is 0 Å². The largest absolute Gasteiger partial charge is 0.451 e. The molecule has 0 unspecified atom stereocenters. The molecular formula is C12H13F3N4. The van der Waals surface area contributed by atoms with Crippen LogP contribution in [0.15, 0.2) is 6.07 Å². The van der Waals surface area contributed by atoms with Gasteiger partial charge in [0.1, 0.15) is 11.5 Å². The maximum Gasteiger partial charge on any atom is 0.451 e. The lowest BCUT2D eigenvalue weighted by atomic mass is 10.3. The molecule has 2 aromatic heterocycles. The molecule has 7 heteroatoms. The van der Waals surface area contributed by atoms with E-state index in [1.807, 2.05) is 4.90 Å². The van der Waals surface area contributed by atoms with Crippen LogP contribution in [0.1, 0.15) is 24.4 Å². The summed E-state index contributed by atoms with van der Waals surface area (Å²) < 4.78 is 38.5. The Kier molecular flexibility index (Phi) is 2.65. The van der Waals surface area contributed by atoms with E-state index >= 15 is 0 Å². The number of aryl methyl sites for hydroxylation is 1. The molecule has 0 spiro atoms. The van der Waals surface area contributed by atoms with Crippen LogP contribution in [0, 0.1) is 6.92 Å². The smallest absolute Gasteiger partial charge is 0.356 e. The quantitative estimate of drug-likeness (QED) is 0.866. The molecule has 1 aliphatic rings. The molecule has 19 heavy (non-hydrogen) atoms. The van der Waals surface area contributed by atoms with Crippen molar-refractivity contribution in [3.05, 3.63) is 17.6 Å². The zero-order chi connectivity index (χ0) is 13.6. The summed E-state index contributed by atoms with van der Waals surface area (Å²) in [7, 11) is 0. The van der Waals surface area contributed by atoms with Crippen molar-refractivity contribution >= 4 is 16.9 Å². The summed E-state index contributed by atoms with van der Waals surface area (Å²) in [6.45, 7) is 3.28. The van der Waals surface area contributed by atoms with Gasteiger partial charge in [0.05, 0.1) is 5.39 Å². The van der Waals surface area contributed by atoms with Crippen LogP contribution in [0.4, 0.5) is 19.0 Å². The fraction of sp³-hybridized carbons (Fsp3) is 0.500. The first-order chi connectivity index (χ1) is 8.95. The number of hydrogen-bond donors (Lipinski definition) is 1. The molecule has 1 aliphatic heterocycles. The number of aromatic amines is 1. The van der Waals surface area contributed by atoms with Crippen molar-refractivity contribution in [2.45, 2.75) is 25.9 Å². The number of nitrogens with one attached hydrogen (secondary N) is 1. The molecule has 0 aromatic carbocycles. The number of hydrogen-bond acceptors (Lipinski definition) is 3. The van der Waals surface area contributed by atoms with Gasteiger partial charge >= 0.3 is 6.18 Å². The van der Waals surface area contributed by atoms with Crippen molar-refractivity contribution in [3.63, 3.8) is 0 Å². The Labute approximate surface area is 107 Å². The Bertz CT molecular complexity index is 611. The fourth-order valence-corrected chi connectivity index (χ4v) is 2.42. The molecule has 0 atom stereocenters. The van der Waals surface area contributed by atoms with Crippen LogP contribution in [0.5, 0.6) is 0 Å². The van der Waals surface area contributed by atoms with Crippen LogP contribution in [0.2, 0.25) is 0 Å². The van der Waals surface area contributed by atoms with Gasteiger partial charge in [-0.2, -0.15) is 13.2 Å². The fourth-order valence-electron chi connectivity index (χ4n) is 2.42. The Balaban J connectivity index is 2.21. The minimum absolute atomic E-state index is 0.252. The van der Waals surface area contributed by atoms with Gasteiger partial charge in [-0.15, -0.1) is 0 Å². The van der Waals surface area contributed by atoms with Crippen LogP contribution < -0.4 is 4.90 Å². The van der Waals surface area contributed by atoms with Crippen molar-refractivity contribution in [2.75, 3.05) is 18.0 Å². The number of rotatable bonds is 1. The first-order valence-electron chi connectivity index (χ1n) is 6.14. The summed E-state index contributed by atoms with van der Waals surface area (Å²) in [4.78, 5) is 12.1. The van der Waals surface area contributed by atoms with E-state index in [-0.39, 0.29) is 5.65 Å². The summed E-state index contributed by atoms with van der Waals surface area (Å²) in [5.41, 5.74) is 1.03. The summed E-state index contributed by atoms with van der Waals surface area (Å²) >= 11 is 0. The SMILES string of the molecule is Cc1cc2c(N3CCCC3)nc(C(F)(F)F)nc2[nH]1. The van der Waals surface area contributed by atoms with Gasteiger partial charge in [-0.3, -0.25) is 0 Å². The number of nitrogens with zero attached hydrogens (tertiary/aromatic N) is 3. The van der Waals surface area contributed by atoms with Crippen molar-refractivity contribution < 1.29 is 13.2 Å². The molecule has 102 valence electrons. The third-order valence-corrected chi connectivity index (χ3v) is 3.26. The number of H-pyrrole nitrogens is 1. The molecule has 3 rings (SSSR count). The second-order valence-corrected chi connectivity index (χ2v) is 4.78. The lowest BCUT2D eigenvalue weighted by molar-refractivity contribution is -0.144. The van der Waals surface area contributed by atoms with E-state index in [0.29, 0.717) is 11.2 Å². The normalized spacial score (nSPS) is 16.5. The second kappa shape index (κ2) is 4.11. The number of aromatic nitrogens is 3. The maximum absolute atomic E-state index is 12.8. The van der Waals surface area contributed by atoms with Gasteiger partial charge in [-0.25, -0.2) is 9.97 Å². The molecule has 2 aromatic rings. The summed E-state index contributed by atoms with van der Waals surface area (Å²) in [6.07, 6.45) is -2.56. The lowest BCUT2D eigenvalue weighted by Gasteiger charge is -2.18.